The molecule has 0 radical (unpaired) electrons. The molecule has 4 heteroatoms. The Morgan fingerprint density at radius 3 is 1.24 bits per heavy atom. The van der Waals surface area contributed by atoms with Crippen LogP contribution in [0.25, 0.3) is 119 Å². The van der Waals surface area contributed by atoms with Gasteiger partial charge in [-0.25, -0.2) is 0 Å². The van der Waals surface area contributed by atoms with E-state index >= 15 is 0 Å². The standard InChI is InChI=1S/C58H38N2OS/c1-35-21-23-36(24-22-35)43-29-51-52-30-44(37-25-27-40(61-2)28-26-37)46-34-56-48(42-18-10-12-20-54(42)60(56)39-15-7-4-8-16-39)32-50(46)58(52)62-57(51)49-31-47-41-17-9-11-19-53(41)59(55(47)33-45(43)49)38-13-5-3-6-14-38/h3-34H,1-2H3. The lowest BCUT2D eigenvalue weighted by Crippen LogP contribution is -1.93. The maximum Gasteiger partial charge on any atom is 0.118 e. The van der Waals surface area contributed by atoms with Gasteiger partial charge in [-0.05, 0) is 125 Å². The highest BCUT2D eigenvalue weighted by atomic mass is 32.1. The van der Waals surface area contributed by atoms with Crippen molar-refractivity contribution in [2.75, 3.05) is 7.11 Å². The van der Waals surface area contributed by atoms with Crippen LogP contribution in [0.3, 0.4) is 0 Å². The van der Waals surface area contributed by atoms with E-state index in [0.717, 1.165) is 22.7 Å². The van der Waals surface area contributed by atoms with E-state index in [1.165, 1.54) is 108 Å². The van der Waals surface area contributed by atoms with E-state index in [0.29, 0.717) is 0 Å². The van der Waals surface area contributed by atoms with Gasteiger partial charge in [0.1, 0.15) is 5.75 Å². The maximum atomic E-state index is 5.65. The lowest BCUT2D eigenvalue weighted by Gasteiger charge is -2.13. The van der Waals surface area contributed by atoms with Crippen molar-refractivity contribution in [3.63, 3.8) is 0 Å². The minimum atomic E-state index is 0.848. The fourth-order valence-corrected chi connectivity index (χ4v) is 11.5. The van der Waals surface area contributed by atoms with E-state index < -0.39 is 0 Å². The Hall–Kier alpha value is -7.66. The molecule has 0 spiro atoms. The molecule has 0 aliphatic rings. The van der Waals surface area contributed by atoms with Crippen LogP contribution in [0.4, 0.5) is 0 Å². The average Bonchev–Trinajstić information content (AvgIpc) is 3.98. The summed E-state index contributed by atoms with van der Waals surface area (Å²) in [5, 5.41) is 12.6. The number of ether oxygens (including phenoxy) is 1. The van der Waals surface area contributed by atoms with Crippen LogP contribution in [0.2, 0.25) is 0 Å². The highest BCUT2D eigenvalue weighted by molar-refractivity contribution is 7.27. The molecule has 0 amide bonds. The third-order valence-electron chi connectivity index (χ3n) is 13.0. The molecule has 0 saturated heterocycles. The number of nitrogens with zero attached hydrogens (tertiary/aromatic N) is 2. The second-order valence-corrected chi connectivity index (χ2v) is 17.5. The summed E-state index contributed by atoms with van der Waals surface area (Å²) in [7, 11) is 1.73. The lowest BCUT2D eigenvalue weighted by atomic mass is 9.91. The molecule has 0 bridgehead atoms. The Morgan fingerprint density at radius 1 is 0.355 bits per heavy atom. The summed E-state index contributed by atoms with van der Waals surface area (Å²) in [5.41, 5.74) is 13.2. The fourth-order valence-electron chi connectivity index (χ4n) is 10.1. The first-order chi connectivity index (χ1) is 30.6. The topological polar surface area (TPSA) is 19.1 Å². The predicted molar refractivity (Wildman–Crippen MR) is 265 cm³/mol. The minimum absolute atomic E-state index is 0.848. The summed E-state index contributed by atoms with van der Waals surface area (Å²) in [5.74, 6) is 0.848. The Morgan fingerprint density at radius 2 is 0.774 bits per heavy atom. The molecule has 0 aliphatic heterocycles. The lowest BCUT2D eigenvalue weighted by molar-refractivity contribution is 0.415. The van der Waals surface area contributed by atoms with Crippen LogP contribution in [-0.2, 0) is 0 Å². The SMILES string of the molecule is COc1ccc(-c2cc3c4cc(-c5ccc(C)cc5)c5cc6c(cc5c4sc3c3cc4c5ccccc5n(-c5ccccc5)c4cc23)c2ccccc2n6-c2ccccc2)cc1. The van der Waals surface area contributed by atoms with E-state index in [-0.39, 0.29) is 0 Å². The van der Waals surface area contributed by atoms with Crippen LogP contribution < -0.4 is 4.74 Å². The van der Waals surface area contributed by atoms with Crippen LogP contribution in [0.15, 0.2) is 194 Å². The molecule has 3 aromatic heterocycles. The molecule has 0 N–H and O–H groups in total. The van der Waals surface area contributed by atoms with Crippen LogP contribution in [0.5, 0.6) is 5.75 Å². The van der Waals surface area contributed by atoms with Gasteiger partial charge in [-0.1, -0.05) is 115 Å². The molecular formula is C58H38N2OS. The second-order valence-electron chi connectivity index (χ2n) is 16.5. The average molecular weight is 811 g/mol. The maximum absolute atomic E-state index is 5.65. The quantitative estimate of drug-likeness (QED) is 0.169. The van der Waals surface area contributed by atoms with E-state index in [2.05, 4.69) is 210 Å². The Bertz CT molecular complexity index is 3930. The monoisotopic (exact) mass is 810 g/mol. The van der Waals surface area contributed by atoms with Gasteiger partial charge in [-0.3, -0.25) is 0 Å². The van der Waals surface area contributed by atoms with Gasteiger partial charge >= 0.3 is 0 Å². The number of rotatable bonds is 5. The molecule has 10 aromatic carbocycles. The first-order valence-corrected chi connectivity index (χ1v) is 22.0. The number of fused-ring (bicyclic) bond motifs is 13. The predicted octanol–water partition coefficient (Wildman–Crippen LogP) is 16.2. The number of aromatic nitrogens is 2. The largest absolute Gasteiger partial charge is 0.497 e. The van der Waals surface area contributed by atoms with Crippen molar-refractivity contribution in [1.29, 1.82) is 0 Å². The molecule has 0 atom stereocenters. The Balaban J connectivity index is 1.21. The first-order valence-electron chi connectivity index (χ1n) is 21.2. The smallest absolute Gasteiger partial charge is 0.118 e. The molecule has 3 heterocycles. The normalized spacial score (nSPS) is 12.0. The second kappa shape index (κ2) is 13.4. The molecule has 0 aliphatic carbocycles. The number of para-hydroxylation sites is 4. The van der Waals surface area contributed by atoms with Gasteiger partial charge in [0.05, 0.1) is 29.2 Å². The summed E-state index contributed by atoms with van der Waals surface area (Å²) < 4.78 is 13.1. The number of thiophene rings is 1. The van der Waals surface area contributed by atoms with Crippen LogP contribution >= 0.6 is 11.3 Å². The zero-order valence-corrected chi connectivity index (χ0v) is 35.0. The van der Waals surface area contributed by atoms with E-state index in [1.54, 1.807) is 7.11 Å². The van der Waals surface area contributed by atoms with E-state index in [1.807, 2.05) is 11.3 Å². The summed E-state index contributed by atoms with van der Waals surface area (Å²) in [6.07, 6.45) is 0. The molecule has 3 nitrogen and oxygen atoms in total. The van der Waals surface area contributed by atoms with E-state index in [4.69, 9.17) is 4.74 Å². The number of hydrogen-bond acceptors (Lipinski definition) is 2. The van der Waals surface area contributed by atoms with Crippen molar-refractivity contribution in [3.05, 3.63) is 200 Å². The number of benzene rings is 10. The van der Waals surface area contributed by atoms with Gasteiger partial charge in [0.15, 0.2) is 0 Å². The molecule has 292 valence electrons. The van der Waals surface area contributed by atoms with Crippen LogP contribution in [-0.4, -0.2) is 16.2 Å². The molecule has 13 aromatic rings. The van der Waals surface area contributed by atoms with Crippen molar-refractivity contribution >= 4 is 96.7 Å². The van der Waals surface area contributed by atoms with E-state index in [9.17, 15) is 0 Å². The highest BCUT2D eigenvalue weighted by Crippen LogP contribution is 2.50. The van der Waals surface area contributed by atoms with Gasteiger partial charge in [0.25, 0.3) is 0 Å². The third kappa shape index (κ3) is 5.11. The Labute approximate surface area is 361 Å². The minimum Gasteiger partial charge on any atom is -0.497 e. The van der Waals surface area contributed by atoms with Crippen molar-refractivity contribution in [1.82, 2.24) is 9.13 Å². The van der Waals surface area contributed by atoms with Crippen molar-refractivity contribution in [2.24, 2.45) is 0 Å². The summed E-state index contributed by atoms with van der Waals surface area (Å²) >= 11 is 1.94. The van der Waals surface area contributed by atoms with Crippen molar-refractivity contribution < 1.29 is 4.74 Å². The molecule has 0 fully saturated rings. The van der Waals surface area contributed by atoms with Gasteiger partial charge in [0, 0.05) is 63.9 Å². The number of hydrogen-bond donors (Lipinski definition) is 0. The van der Waals surface area contributed by atoms with Crippen LogP contribution in [0.1, 0.15) is 5.56 Å². The number of aryl methyl sites for hydroxylation is 1. The molecule has 0 saturated carbocycles. The van der Waals surface area contributed by atoms with Gasteiger partial charge in [-0.15, -0.1) is 11.3 Å². The molecule has 0 unspecified atom stereocenters. The van der Waals surface area contributed by atoms with Crippen LogP contribution in [0, 0.1) is 6.92 Å². The molecule has 62 heavy (non-hydrogen) atoms. The van der Waals surface area contributed by atoms with Gasteiger partial charge in [-0.2, -0.15) is 0 Å². The van der Waals surface area contributed by atoms with Gasteiger partial charge < -0.3 is 13.9 Å². The fraction of sp³-hybridized carbons (Fsp3) is 0.0345. The first kappa shape index (κ1) is 35.1. The zero-order valence-electron chi connectivity index (χ0n) is 34.2. The third-order valence-corrected chi connectivity index (χ3v) is 14.3. The Kier molecular flexibility index (Phi) is 7.61. The zero-order chi connectivity index (χ0) is 41.1. The highest BCUT2D eigenvalue weighted by Gasteiger charge is 2.22. The molecular weight excluding hydrogens is 773 g/mol. The number of methoxy groups -OCH3 is 1. The van der Waals surface area contributed by atoms with Crippen molar-refractivity contribution in [3.8, 4) is 39.4 Å². The summed E-state index contributed by atoms with van der Waals surface area (Å²) in [6.45, 7) is 2.17. The van der Waals surface area contributed by atoms with Crippen molar-refractivity contribution in [2.45, 2.75) is 6.92 Å². The molecule has 13 rings (SSSR count). The summed E-state index contributed by atoms with van der Waals surface area (Å²) in [6, 6.07) is 71.7. The van der Waals surface area contributed by atoms with Gasteiger partial charge in [0.2, 0.25) is 0 Å². The summed E-state index contributed by atoms with van der Waals surface area (Å²) in [4.78, 5) is 0.